The molecule has 0 saturated heterocycles. The van der Waals surface area contributed by atoms with Crippen LogP contribution in [0.5, 0.6) is 0 Å². The summed E-state index contributed by atoms with van der Waals surface area (Å²) < 4.78 is 0. The van der Waals surface area contributed by atoms with E-state index in [0.717, 1.165) is 52.8 Å². The van der Waals surface area contributed by atoms with E-state index in [9.17, 15) is 9.59 Å². The van der Waals surface area contributed by atoms with Crippen molar-refractivity contribution >= 4 is 28.4 Å². The molecule has 2 aromatic heterocycles. The molecule has 1 aliphatic carbocycles. The van der Waals surface area contributed by atoms with Gasteiger partial charge in [0, 0.05) is 23.1 Å². The highest BCUT2D eigenvalue weighted by atomic mass is 16.2. The Balaban J connectivity index is 1.64. The molecule has 0 unspecified atom stereocenters. The summed E-state index contributed by atoms with van der Waals surface area (Å²) in [7, 11) is 0. The van der Waals surface area contributed by atoms with Gasteiger partial charge in [-0.3, -0.25) is 14.7 Å². The molecule has 0 radical (unpaired) electrons. The van der Waals surface area contributed by atoms with Crippen LogP contribution in [0.1, 0.15) is 37.0 Å². The van der Waals surface area contributed by atoms with Gasteiger partial charge in [0.15, 0.2) is 0 Å². The van der Waals surface area contributed by atoms with E-state index in [1.807, 2.05) is 20.0 Å². The summed E-state index contributed by atoms with van der Waals surface area (Å²) in [4.78, 5) is 30.7. The molecule has 5 rings (SSSR count). The van der Waals surface area contributed by atoms with E-state index in [1.165, 1.54) is 11.1 Å². The lowest BCUT2D eigenvalue weighted by Gasteiger charge is -2.19. The number of carbonyl (C=O) groups excluding carboxylic acids is 2. The molecule has 2 amide bonds. The highest BCUT2D eigenvalue weighted by molar-refractivity contribution is 6.12. The van der Waals surface area contributed by atoms with Gasteiger partial charge in [-0.25, -0.2) is 0 Å². The quantitative estimate of drug-likeness (QED) is 0.585. The van der Waals surface area contributed by atoms with E-state index < -0.39 is 5.41 Å². The highest BCUT2D eigenvalue weighted by Gasteiger charge is 2.45. The molecule has 2 aliphatic rings. The molecule has 0 fully saturated rings. The molecule has 1 aliphatic heterocycles. The molecule has 7 nitrogen and oxygen atoms in total. The van der Waals surface area contributed by atoms with E-state index in [-0.39, 0.29) is 18.4 Å². The molecule has 0 saturated carbocycles. The van der Waals surface area contributed by atoms with Crippen LogP contribution >= 0.6 is 0 Å². The van der Waals surface area contributed by atoms with Crippen molar-refractivity contribution in [2.24, 2.45) is 0 Å². The normalized spacial score (nSPS) is 16.7. The summed E-state index contributed by atoms with van der Waals surface area (Å²) in [6.45, 7) is 7.85. The molecule has 7 heteroatoms. The summed E-state index contributed by atoms with van der Waals surface area (Å²) in [5.74, 6) is -0.247. The number of hydrogen-bond donors (Lipinski definition) is 3. The Morgan fingerprint density at radius 2 is 2.17 bits per heavy atom. The third kappa shape index (κ3) is 2.61. The van der Waals surface area contributed by atoms with E-state index >= 15 is 0 Å². The number of aromatic nitrogens is 3. The maximum atomic E-state index is 13.2. The maximum absolute atomic E-state index is 13.2. The summed E-state index contributed by atoms with van der Waals surface area (Å²) in [6, 6.07) is 4.16. The fourth-order valence-corrected chi connectivity index (χ4v) is 4.76. The van der Waals surface area contributed by atoms with Crippen LogP contribution in [0.25, 0.3) is 22.3 Å². The second-order valence-electron chi connectivity index (χ2n) is 8.63. The van der Waals surface area contributed by atoms with Crippen LogP contribution in [-0.4, -0.2) is 40.1 Å². The summed E-state index contributed by atoms with van der Waals surface area (Å²) in [5.41, 5.74) is 6.69. The first-order chi connectivity index (χ1) is 14.4. The van der Waals surface area contributed by atoms with Crippen molar-refractivity contribution in [2.75, 3.05) is 18.0 Å². The molecule has 3 heterocycles. The standard InChI is InChI=1S/C23H25N5O2/c1-4-8-24-19(29)12-28-18-9-15-14-7-5-6-13-11-25-27-20(13)21(14)26-17(15)10-16(18)23(2,3)22(28)30/h4,9-11,26H,1,5-8,12H2,2-3H3,(H,24,29)(H,25,27). The molecule has 0 atom stereocenters. The molecule has 3 aromatic rings. The number of aryl methyl sites for hydroxylation is 2. The van der Waals surface area contributed by atoms with E-state index in [4.69, 9.17) is 0 Å². The number of anilines is 1. The van der Waals surface area contributed by atoms with Gasteiger partial charge >= 0.3 is 0 Å². The Bertz CT molecular complexity index is 1200. The number of nitrogens with one attached hydrogen (secondary N) is 3. The maximum Gasteiger partial charge on any atom is 0.240 e. The van der Waals surface area contributed by atoms with Crippen molar-refractivity contribution in [3.05, 3.63) is 47.7 Å². The van der Waals surface area contributed by atoms with Gasteiger partial charge < -0.3 is 15.2 Å². The number of aromatic amines is 2. The number of fused-ring (bicyclic) bond motifs is 6. The average molecular weight is 403 g/mol. The number of benzene rings is 1. The molecule has 3 N–H and O–H groups in total. The Morgan fingerprint density at radius 3 is 2.97 bits per heavy atom. The van der Waals surface area contributed by atoms with Crippen molar-refractivity contribution in [1.82, 2.24) is 20.5 Å². The third-order valence-corrected chi connectivity index (χ3v) is 6.35. The number of hydrogen-bond acceptors (Lipinski definition) is 3. The smallest absolute Gasteiger partial charge is 0.240 e. The first-order valence-electron chi connectivity index (χ1n) is 10.3. The minimum absolute atomic E-state index is 0.00587. The van der Waals surface area contributed by atoms with E-state index in [1.54, 1.807) is 11.0 Å². The summed E-state index contributed by atoms with van der Waals surface area (Å²) in [5, 5.41) is 11.2. The van der Waals surface area contributed by atoms with Crippen LogP contribution in [0.2, 0.25) is 0 Å². The third-order valence-electron chi connectivity index (χ3n) is 6.35. The number of nitrogens with zero attached hydrogens (tertiary/aromatic N) is 2. The second kappa shape index (κ2) is 6.58. The van der Waals surface area contributed by atoms with Crippen molar-refractivity contribution in [1.29, 1.82) is 0 Å². The van der Waals surface area contributed by atoms with E-state index in [0.29, 0.717) is 6.54 Å². The zero-order valence-corrected chi connectivity index (χ0v) is 17.3. The number of H-pyrrole nitrogens is 2. The van der Waals surface area contributed by atoms with Crippen LogP contribution in [0.15, 0.2) is 31.0 Å². The predicted octanol–water partition coefficient (Wildman–Crippen LogP) is 2.97. The lowest BCUT2D eigenvalue weighted by molar-refractivity contribution is -0.125. The minimum Gasteiger partial charge on any atom is -0.353 e. The minimum atomic E-state index is -0.691. The van der Waals surface area contributed by atoms with Gasteiger partial charge in [-0.2, -0.15) is 5.10 Å². The second-order valence-corrected chi connectivity index (χ2v) is 8.63. The topological polar surface area (TPSA) is 93.9 Å². The van der Waals surface area contributed by atoms with Gasteiger partial charge in [-0.1, -0.05) is 6.08 Å². The van der Waals surface area contributed by atoms with E-state index in [2.05, 4.69) is 39.2 Å². The van der Waals surface area contributed by atoms with Crippen LogP contribution < -0.4 is 10.2 Å². The Kier molecular flexibility index (Phi) is 4.10. The molecular weight excluding hydrogens is 378 g/mol. The van der Waals surface area contributed by atoms with Gasteiger partial charge in [0.1, 0.15) is 6.54 Å². The lowest BCUT2D eigenvalue weighted by atomic mass is 9.85. The van der Waals surface area contributed by atoms with Crippen molar-refractivity contribution in [2.45, 2.75) is 38.5 Å². The molecular formula is C23H25N5O2. The Labute approximate surface area is 174 Å². The molecule has 0 bridgehead atoms. The van der Waals surface area contributed by atoms with Crippen molar-refractivity contribution < 1.29 is 9.59 Å². The van der Waals surface area contributed by atoms with Gasteiger partial charge in [0.25, 0.3) is 0 Å². The van der Waals surface area contributed by atoms with Gasteiger partial charge in [-0.15, -0.1) is 6.58 Å². The number of amides is 2. The molecule has 30 heavy (non-hydrogen) atoms. The first-order valence-corrected chi connectivity index (χ1v) is 10.3. The first kappa shape index (κ1) is 18.7. The monoisotopic (exact) mass is 403 g/mol. The van der Waals surface area contributed by atoms with Crippen LogP contribution in [-0.2, 0) is 27.8 Å². The van der Waals surface area contributed by atoms with Crippen molar-refractivity contribution in [3.63, 3.8) is 0 Å². The van der Waals surface area contributed by atoms with Crippen LogP contribution in [0, 0.1) is 0 Å². The fraction of sp³-hybridized carbons (Fsp3) is 0.348. The summed E-state index contributed by atoms with van der Waals surface area (Å²) in [6.07, 6.45) is 6.52. The number of carbonyl (C=O) groups is 2. The largest absolute Gasteiger partial charge is 0.353 e. The van der Waals surface area contributed by atoms with Crippen LogP contribution in [0.3, 0.4) is 0 Å². The molecule has 0 spiro atoms. The van der Waals surface area contributed by atoms with Crippen LogP contribution in [0.4, 0.5) is 5.69 Å². The fourth-order valence-electron chi connectivity index (χ4n) is 4.76. The highest BCUT2D eigenvalue weighted by Crippen LogP contribution is 2.45. The Morgan fingerprint density at radius 1 is 1.33 bits per heavy atom. The van der Waals surface area contributed by atoms with Gasteiger partial charge in [0.05, 0.1) is 23.0 Å². The van der Waals surface area contributed by atoms with Crippen molar-refractivity contribution in [3.8, 4) is 11.4 Å². The average Bonchev–Trinajstić information content (AvgIpc) is 3.33. The molecule has 154 valence electrons. The zero-order chi connectivity index (χ0) is 21.0. The predicted molar refractivity (Wildman–Crippen MR) is 116 cm³/mol. The van der Waals surface area contributed by atoms with Gasteiger partial charge in [0.2, 0.25) is 11.8 Å². The number of rotatable bonds is 4. The molecule has 1 aromatic carbocycles. The Hall–Kier alpha value is -3.35. The SMILES string of the molecule is C=CCNC(=O)CN1C(=O)C(C)(C)c2cc3[nH]c4c(c3cc21)CCCc1cn[nH]c1-4. The zero-order valence-electron chi connectivity index (χ0n) is 17.3. The lowest BCUT2D eigenvalue weighted by Crippen LogP contribution is -2.42. The summed E-state index contributed by atoms with van der Waals surface area (Å²) >= 11 is 0. The van der Waals surface area contributed by atoms with Gasteiger partial charge in [-0.05, 0) is 61.9 Å².